The Bertz CT molecular complexity index is 614. The first kappa shape index (κ1) is 14.3. The number of aryl methyl sites for hydroxylation is 1. The van der Waals surface area contributed by atoms with Crippen LogP contribution in [0.1, 0.15) is 17.9 Å². The van der Waals surface area contributed by atoms with Gasteiger partial charge in [-0.3, -0.25) is 4.79 Å². The molecule has 5 nitrogen and oxygen atoms in total. The van der Waals surface area contributed by atoms with Crippen LogP contribution in [0.2, 0.25) is 0 Å². The molecule has 1 aliphatic heterocycles. The lowest BCUT2D eigenvalue weighted by atomic mass is 10.1. The standard InChI is InChI=1S/C15H18N2O3S/c1-10-2-3-13(20-10)15-17-12(9-21-15)6-14(18)16-7-11-4-5-19-8-11/h2-3,9,11H,4-8H2,1H3,(H,16,18)/t11-/m1/s1. The second-order valence-corrected chi connectivity index (χ2v) is 6.12. The fourth-order valence-electron chi connectivity index (χ4n) is 2.28. The van der Waals surface area contributed by atoms with Gasteiger partial charge in [0.25, 0.3) is 0 Å². The van der Waals surface area contributed by atoms with Gasteiger partial charge in [-0.25, -0.2) is 4.98 Å². The third-order valence-electron chi connectivity index (χ3n) is 3.46. The third kappa shape index (κ3) is 3.71. The molecule has 112 valence electrons. The molecule has 2 aromatic heterocycles. The predicted octanol–water partition coefficient (Wildman–Crippen LogP) is 2.41. The summed E-state index contributed by atoms with van der Waals surface area (Å²) in [6, 6.07) is 3.81. The molecular weight excluding hydrogens is 288 g/mol. The highest BCUT2D eigenvalue weighted by Gasteiger charge is 2.17. The average molecular weight is 306 g/mol. The molecule has 0 aromatic carbocycles. The number of ether oxygens (including phenoxy) is 1. The highest BCUT2D eigenvalue weighted by atomic mass is 32.1. The number of nitrogens with one attached hydrogen (secondary N) is 1. The second kappa shape index (κ2) is 6.41. The van der Waals surface area contributed by atoms with Crippen molar-refractivity contribution < 1.29 is 13.9 Å². The van der Waals surface area contributed by atoms with Crippen molar-refractivity contribution in [2.45, 2.75) is 19.8 Å². The van der Waals surface area contributed by atoms with Crippen molar-refractivity contribution >= 4 is 17.2 Å². The number of carbonyl (C=O) groups excluding carboxylic acids is 1. The van der Waals surface area contributed by atoms with Gasteiger partial charge in [0.1, 0.15) is 5.76 Å². The van der Waals surface area contributed by atoms with E-state index in [1.807, 2.05) is 24.4 Å². The number of carbonyl (C=O) groups is 1. The molecule has 0 aliphatic carbocycles. The summed E-state index contributed by atoms with van der Waals surface area (Å²) in [6.07, 6.45) is 1.34. The maximum Gasteiger partial charge on any atom is 0.226 e. The topological polar surface area (TPSA) is 64.4 Å². The first-order valence-corrected chi connectivity index (χ1v) is 7.94. The van der Waals surface area contributed by atoms with Gasteiger partial charge in [0.15, 0.2) is 10.8 Å². The van der Waals surface area contributed by atoms with E-state index in [-0.39, 0.29) is 5.91 Å². The Balaban J connectivity index is 1.53. The lowest BCUT2D eigenvalue weighted by Crippen LogP contribution is -2.30. The molecule has 1 aliphatic rings. The van der Waals surface area contributed by atoms with Crippen molar-refractivity contribution in [1.82, 2.24) is 10.3 Å². The molecule has 2 aromatic rings. The highest BCUT2D eigenvalue weighted by molar-refractivity contribution is 7.13. The molecule has 0 spiro atoms. The van der Waals surface area contributed by atoms with Crippen molar-refractivity contribution in [1.29, 1.82) is 0 Å². The molecule has 1 saturated heterocycles. The van der Waals surface area contributed by atoms with Gasteiger partial charge in [-0.2, -0.15) is 0 Å². The Hall–Kier alpha value is -1.66. The van der Waals surface area contributed by atoms with Gasteiger partial charge in [0.2, 0.25) is 5.91 Å². The Labute approximate surface area is 127 Å². The second-order valence-electron chi connectivity index (χ2n) is 5.26. The third-order valence-corrected chi connectivity index (χ3v) is 4.36. The summed E-state index contributed by atoms with van der Waals surface area (Å²) in [5.41, 5.74) is 0.782. The zero-order valence-electron chi connectivity index (χ0n) is 11.9. The molecule has 1 atom stereocenters. The number of amides is 1. The molecule has 3 heterocycles. The van der Waals surface area contributed by atoms with Gasteiger partial charge >= 0.3 is 0 Å². The number of nitrogens with zero attached hydrogens (tertiary/aromatic N) is 1. The zero-order valence-corrected chi connectivity index (χ0v) is 12.7. The van der Waals surface area contributed by atoms with Crippen molar-refractivity contribution in [3.05, 3.63) is 29.0 Å². The van der Waals surface area contributed by atoms with Gasteiger partial charge in [0, 0.05) is 24.4 Å². The summed E-state index contributed by atoms with van der Waals surface area (Å²) in [4.78, 5) is 16.4. The largest absolute Gasteiger partial charge is 0.459 e. The van der Waals surface area contributed by atoms with E-state index < -0.39 is 0 Å². The quantitative estimate of drug-likeness (QED) is 0.921. The van der Waals surface area contributed by atoms with Crippen LogP contribution in [-0.4, -0.2) is 30.6 Å². The van der Waals surface area contributed by atoms with Crippen LogP contribution in [0.4, 0.5) is 0 Å². The number of hydrogen-bond donors (Lipinski definition) is 1. The van der Waals surface area contributed by atoms with Gasteiger partial charge in [0.05, 0.1) is 18.7 Å². The Morgan fingerprint density at radius 3 is 3.14 bits per heavy atom. The Kier molecular flexibility index (Phi) is 4.36. The van der Waals surface area contributed by atoms with Crippen molar-refractivity contribution in [2.75, 3.05) is 19.8 Å². The van der Waals surface area contributed by atoms with Crippen LogP contribution in [0.3, 0.4) is 0 Å². The van der Waals surface area contributed by atoms with Crippen molar-refractivity contribution in [3.63, 3.8) is 0 Å². The molecule has 0 unspecified atom stereocenters. The van der Waals surface area contributed by atoms with E-state index in [0.717, 1.165) is 41.9 Å². The van der Waals surface area contributed by atoms with Gasteiger partial charge in [-0.05, 0) is 25.5 Å². The van der Waals surface area contributed by atoms with Crippen molar-refractivity contribution in [2.24, 2.45) is 5.92 Å². The SMILES string of the molecule is Cc1ccc(-c2nc(CC(=O)NC[C@H]3CCOC3)cs2)o1. The summed E-state index contributed by atoms with van der Waals surface area (Å²) in [7, 11) is 0. The minimum Gasteiger partial charge on any atom is -0.459 e. The Morgan fingerprint density at radius 2 is 2.43 bits per heavy atom. The van der Waals surface area contributed by atoms with E-state index in [2.05, 4.69) is 10.3 Å². The first-order chi connectivity index (χ1) is 10.2. The molecular formula is C15H18N2O3S. The number of furan rings is 1. The molecule has 6 heteroatoms. The summed E-state index contributed by atoms with van der Waals surface area (Å²) in [5.74, 6) is 2.07. The normalized spacial score (nSPS) is 18.0. The molecule has 1 N–H and O–H groups in total. The molecule has 0 bridgehead atoms. The monoisotopic (exact) mass is 306 g/mol. The number of thiazole rings is 1. The minimum atomic E-state index is 0.00868. The average Bonchev–Trinajstić information content (AvgIpc) is 3.17. The fourth-order valence-corrected chi connectivity index (χ4v) is 3.06. The fraction of sp³-hybridized carbons (Fsp3) is 0.467. The van der Waals surface area contributed by atoms with Crippen LogP contribution in [0.25, 0.3) is 10.8 Å². The van der Waals surface area contributed by atoms with E-state index in [1.54, 1.807) is 0 Å². The van der Waals surface area contributed by atoms with Crippen LogP contribution in [0, 0.1) is 12.8 Å². The molecule has 21 heavy (non-hydrogen) atoms. The van der Waals surface area contributed by atoms with Crippen LogP contribution in [0.15, 0.2) is 21.9 Å². The summed E-state index contributed by atoms with van der Waals surface area (Å²) in [6.45, 7) is 4.14. The maximum absolute atomic E-state index is 11.9. The minimum absolute atomic E-state index is 0.00868. The van der Waals surface area contributed by atoms with Gasteiger partial charge < -0.3 is 14.5 Å². The molecule has 3 rings (SSSR count). The maximum atomic E-state index is 11.9. The molecule has 1 fully saturated rings. The van der Waals surface area contributed by atoms with Crippen LogP contribution < -0.4 is 5.32 Å². The zero-order chi connectivity index (χ0) is 14.7. The number of aromatic nitrogens is 1. The highest BCUT2D eigenvalue weighted by Crippen LogP contribution is 2.25. The van der Waals surface area contributed by atoms with E-state index >= 15 is 0 Å². The lowest BCUT2D eigenvalue weighted by molar-refractivity contribution is -0.120. The van der Waals surface area contributed by atoms with Crippen LogP contribution in [0.5, 0.6) is 0 Å². The summed E-state index contributed by atoms with van der Waals surface area (Å²) < 4.78 is 10.8. The van der Waals surface area contributed by atoms with E-state index in [4.69, 9.17) is 9.15 Å². The van der Waals surface area contributed by atoms with Gasteiger partial charge in [-0.15, -0.1) is 11.3 Å². The Morgan fingerprint density at radius 1 is 1.52 bits per heavy atom. The first-order valence-electron chi connectivity index (χ1n) is 7.06. The lowest BCUT2D eigenvalue weighted by Gasteiger charge is -2.08. The van der Waals surface area contributed by atoms with Gasteiger partial charge in [-0.1, -0.05) is 0 Å². The summed E-state index contributed by atoms with van der Waals surface area (Å²) in [5, 5.41) is 5.67. The van der Waals surface area contributed by atoms with E-state index in [1.165, 1.54) is 11.3 Å². The molecule has 0 saturated carbocycles. The van der Waals surface area contributed by atoms with E-state index in [9.17, 15) is 4.79 Å². The van der Waals surface area contributed by atoms with Crippen molar-refractivity contribution in [3.8, 4) is 10.8 Å². The van der Waals surface area contributed by atoms with Crippen LogP contribution in [-0.2, 0) is 16.0 Å². The smallest absolute Gasteiger partial charge is 0.226 e. The number of hydrogen-bond acceptors (Lipinski definition) is 5. The van der Waals surface area contributed by atoms with Crippen LogP contribution >= 0.6 is 11.3 Å². The predicted molar refractivity (Wildman–Crippen MR) is 80.2 cm³/mol. The van der Waals surface area contributed by atoms with E-state index in [0.29, 0.717) is 18.9 Å². The number of rotatable bonds is 5. The molecule has 0 radical (unpaired) electrons. The molecule has 1 amide bonds. The summed E-state index contributed by atoms with van der Waals surface area (Å²) >= 11 is 1.50.